The molecule has 0 aliphatic rings. The Balaban J connectivity index is 1.53. The molecule has 0 aliphatic carbocycles. The van der Waals surface area contributed by atoms with Crippen molar-refractivity contribution in [2.75, 3.05) is 10.0 Å². The maximum atomic E-state index is 12.9. The summed E-state index contributed by atoms with van der Waals surface area (Å²) in [5.41, 5.74) is 3.16. The summed E-state index contributed by atoms with van der Waals surface area (Å²) in [6, 6.07) is 19.0. The number of anilines is 2. The highest BCUT2D eigenvalue weighted by Crippen LogP contribution is 2.25. The summed E-state index contributed by atoms with van der Waals surface area (Å²) >= 11 is 5.94. The smallest absolute Gasteiger partial charge is 0.262 e. The minimum absolute atomic E-state index is 0.0809. The van der Waals surface area contributed by atoms with Crippen molar-refractivity contribution in [2.24, 2.45) is 0 Å². The van der Waals surface area contributed by atoms with E-state index < -0.39 is 10.0 Å². The molecule has 1 aromatic heterocycles. The number of H-pyrrole nitrogens is 1. The van der Waals surface area contributed by atoms with Gasteiger partial charge < -0.3 is 10.3 Å². The quantitative estimate of drug-likeness (QED) is 0.378. The molecule has 0 aliphatic heterocycles. The summed E-state index contributed by atoms with van der Waals surface area (Å²) in [6.45, 7) is 1.70. The Hall–Kier alpha value is -3.29. The van der Waals surface area contributed by atoms with Crippen LogP contribution in [0.4, 0.5) is 11.4 Å². The van der Waals surface area contributed by atoms with Gasteiger partial charge >= 0.3 is 0 Å². The van der Waals surface area contributed by atoms with Crippen LogP contribution in [0.25, 0.3) is 10.9 Å². The fraction of sp³-hybridized carbons (Fsp3) is 0.0870. The average molecular weight is 454 g/mol. The SMILES string of the molecule is Cc1ccc(NC(=O)Cc2c[nH]c3ccccc23)cc1S(=O)(=O)Nc1cccc(Cl)c1. The molecule has 0 atom stereocenters. The summed E-state index contributed by atoms with van der Waals surface area (Å²) in [6.07, 6.45) is 1.98. The van der Waals surface area contributed by atoms with Crippen molar-refractivity contribution in [3.05, 3.63) is 89.1 Å². The van der Waals surface area contributed by atoms with Gasteiger partial charge in [-0.2, -0.15) is 0 Å². The maximum absolute atomic E-state index is 12.9. The number of aromatic nitrogens is 1. The topological polar surface area (TPSA) is 91.1 Å². The van der Waals surface area contributed by atoms with Crippen LogP contribution in [0, 0.1) is 6.92 Å². The van der Waals surface area contributed by atoms with Gasteiger partial charge in [-0.25, -0.2) is 8.42 Å². The van der Waals surface area contributed by atoms with Gasteiger partial charge in [-0.3, -0.25) is 9.52 Å². The van der Waals surface area contributed by atoms with Gasteiger partial charge in [-0.1, -0.05) is 41.9 Å². The summed E-state index contributed by atoms with van der Waals surface area (Å²) in [4.78, 5) is 15.8. The Kier molecular flexibility index (Phi) is 5.71. The van der Waals surface area contributed by atoms with E-state index in [1.54, 1.807) is 37.3 Å². The first kappa shape index (κ1) is 21.0. The molecule has 31 heavy (non-hydrogen) atoms. The number of carbonyl (C=O) groups excluding carboxylic acids is 1. The number of sulfonamides is 1. The molecule has 1 heterocycles. The third-order valence-corrected chi connectivity index (χ3v) is 6.62. The number of carbonyl (C=O) groups is 1. The minimum atomic E-state index is -3.86. The molecule has 158 valence electrons. The maximum Gasteiger partial charge on any atom is 0.262 e. The third-order valence-electron chi connectivity index (χ3n) is 4.86. The highest BCUT2D eigenvalue weighted by atomic mass is 35.5. The fourth-order valence-corrected chi connectivity index (χ4v) is 4.90. The molecule has 0 fully saturated rings. The number of benzene rings is 3. The van der Waals surface area contributed by atoms with Gasteiger partial charge in [0, 0.05) is 27.8 Å². The van der Waals surface area contributed by atoms with Gasteiger partial charge in [-0.05, 0) is 54.4 Å². The number of hydrogen-bond acceptors (Lipinski definition) is 3. The van der Waals surface area contributed by atoms with Gasteiger partial charge in [0.15, 0.2) is 0 Å². The molecule has 0 bridgehead atoms. The lowest BCUT2D eigenvalue weighted by Gasteiger charge is -2.13. The van der Waals surface area contributed by atoms with Crippen molar-refractivity contribution >= 4 is 49.8 Å². The predicted octanol–water partition coefficient (Wildman–Crippen LogP) is 5.11. The first-order chi connectivity index (χ1) is 14.8. The second kappa shape index (κ2) is 8.45. The molecule has 0 saturated carbocycles. The number of aromatic amines is 1. The fourth-order valence-electron chi connectivity index (χ4n) is 3.39. The van der Waals surface area contributed by atoms with Crippen LogP contribution in [0.5, 0.6) is 0 Å². The van der Waals surface area contributed by atoms with E-state index >= 15 is 0 Å². The van der Waals surface area contributed by atoms with Crippen LogP contribution in [0.3, 0.4) is 0 Å². The molecule has 3 aromatic carbocycles. The number of aryl methyl sites for hydroxylation is 1. The van der Waals surface area contributed by atoms with E-state index in [1.807, 2.05) is 30.5 Å². The molecule has 0 radical (unpaired) electrons. The zero-order valence-corrected chi connectivity index (χ0v) is 18.2. The van der Waals surface area contributed by atoms with E-state index in [0.29, 0.717) is 22.0 Å². The largest absolute Gasteiger partial charge is 0.361 e. The normalized spacial score (nSPS) is 11.4. The number of amides is 1. The van der Waals surface area contributed by atoms with Crippen molar-refractivity contribution in [3.63, 3.8) is 0 Å². The average Bonchev–Trinajstić information content (AvgIpc) is 3.12. The molecule has 6 nitrogen and oxygen atoms in total. The van der Waals surface area contributed by atoms with Gasteiger partial charge in [0.1, 0.15) is 0 Å². The van der Waals surface area contributed by atoms with Gasteiger partial charge in [0.2, 0.25) is 5.91 Å². The zero-order valence-electron chi connectivity index (χ0n) is 16.6. The Morgan fingerprint density at radius 3 is 2.61 bits per heavy atom. The number of fused-ring (bicyclic) bond motifs is 1. The van der Waals surface area contributed by atoms with Gasteiger partial charge in [0.25, 0.3) is 10.0 Å². The molecule has 1 amide bonds. The van der Waals surface area contributed by atoms with E-state index in [-0.39, 0.29) is 17.2 Å². The van der Waals surface area contributed by atoms with Crippen LogP contribution in [0.2, 0.25) is 5.02 Å². The Bertz CT molecular complexity index is 1380. The van der Waals surface area contributed by atoms with E-state index in [4.69, 9.17) is 11.6 Å². The molecule has 0 spiro atoms. The van der Waals surface area contributed by atoms with Crippen molar-refractivity contribution in [1.82, 2.24) is 4.98 Å². The molecule has 0 unspecified atom stereocenters. The van der Waals surface area contributed by atoms with Crippen LogP contribution < -0.4 is 10.0 Å². The first-order valence-electron chi connectivity index (χ1n) is 9.56. The van der Waals surface area contributed by atoms with Crippen LogP contribution in [-0.4, -0.2) is 19.3 Å². The first-order valence-corrected chi connectivity index (χ1v) is 11.4. The number of hydrogen-bond donors (Lipinski definition) is 3. The Morgan fingerprint density at radius 2 is 1.81 bits per heavy atom. The summed E-state index contributed by atoms with van der Waals surface area (Å²) in [5, 5.41) is 4.20. The van der Waals surface area contributed by atoms with Gasteiger partial charge in [-0.15, -0.1) is 0 Å². The lowest BCUT2D eigenvalue weighted by atomic mass is 10.1. The van der Waals surface area contributed by atoms with Crippen molar-refractivity contribution in [2.45, 2.75) is 18.2 Å². The van der Waals surface area contributed by atoms with Gasteiger partial charge in [0.05, 0.1) is 17.0 Å². The van der Waals surface area contributed by atoms with Crippen LogP contribution in [-0.2, 0) is 21.2 Å². The Labute approximate surface area is 185 Å². The second-order valence-electron chi connectivity index (χ2n) is 7.18. The van der Waals surface area contributed by atoms with Crippen LogP contribution in [0.15, 0.2) is 77.8 Å². The highest BCUT2D eigenvalue weighted by molar-refractivity contribution is 7.92. The molecule has 4 rings (SSSR count). The molecule has 0 saturated heterocycles. The third kappa shape index (κ3) is 4.73. The standard InChI is InChI=1S/C23H20ClN3O3S/c1-15-9-10-18(13-22(15)31(29,30)27-19-6-4-5-17(24)12-19)26-23(28)11-16-14-25-21-8-3-2-7-20(16)21/h2-10,12-14,25,27H,11H2,1H3,(H,26,28). The van der Waals surface area contributed by atoms with Crippen molar-refractivity contribution in [1.29, 1.82) is 0 Å². The summed E-state index contributed by atoms with van der Waals surface area (Å²) in [7, 11) is -3.86. The molecule has 8 heteroatoms. The minimum Gasteiger partial charge on any atom is -0.361 e. The monoisotopic (exact) mass is 453 g/mol. The molecule has 3 N–H and O–H groups in total. The number of nitrogens with one attached hydrogen (secondary N) is 3. The zero-order chi connectivity index (χ0) is 22.0. The van der Waals surface area contributed by atoms with Crippen molar-refractivity contribution < 1.29 is 13.2 Å². The summed E-state index contributed by atoms with van der Waals surface area (Å²) < 4.78 is 28.3. The van der Waals surface area contributed by atoms with Crippen LogP contribution in [0.1, 0.15) is 11.1 Å². The number of rotatable bonds is 6. The van der Waals surface area contributed by atoms with Crippen molar-refractivity contribution in [3.8, 4) is 0 Å². The lowest BCUT2D eigenvalue weighted by molar-refractivity contribution is -0.115. The number of halogens is 1. The molecular weight excluding hydrogens is 434 g/mol. The van der Waals surface area contributed by atoms with E-state index in [1.165, 1.54) is 12.1 Å². The lowest BCUT2D eigenvalue weighted by Crippen LogP contribution is -2.17. The highest BCUT2D eigenvalue weighted by Gasteiger charge is 2.19. The van der Waals surface area contributed by atoms with Crippen LogP contribution >= 0.6 is 11.6 Å². The van der Waals surface area contributed by atoms with E-state index in [9.17, 15) is 13.2 Å². The second-order valence-corrected chi connectivity index (χ2v) is 9.27. The number of para-hydroxylation sites is 1. The molecule has 4 aromatic rings. The Morgan fingerprint density at radius 1 is 1.00 bits per heavy atom. The predicted molar refractivity (Wildman–Crippen MR) is 124 cm³/mol. The summed E-state index contributed by atoms with van der Waals surface area (Å²) in [5.74, 6) is -0.236. The van der Waals surface area contributed by atoms with E-state index in [0.717, 1.165) is 16.5 Å². The molecular formula is C23H20ClN3O3S. The van der Waals surface area contributed by atoms with E-state index in [2.05, 4.69) is 15.0 Å².